The van der Waals surface area contributed by atoms with E-state index in [1.54, 1.807) is 0 Å². The number of nitrogens with zero attached hydrogens (tertiary/aromatic N) is 1. The SMILES string of the molecule is O=C(O)c1ccc([N+](=O)[O-])cc1C(=O)NCCc1c[nH]c2ccccc12. The van der Waals surface area contributed by atoms with E-state index in [2.05, 4.69) is 10.3 Å². The molecule has 0 saturated heterocycles. The number of fused-ring (bicyclic) bond motifs is 1. The fraction of sp³-hybridized carbons (Fsp3) is 0.111. The predicted molar refractivity (Wildman–Crippen MR) is 94.4 cm³/mol. The number of nitrogens with one attached hydrogen (secondary N) is 2. The molecule has 3 aromatic rings. The van der Waals surface area contributed by atoms with Gasteiger partial charge in [-0.25, -0.2) is 4.79 Å². The number of hydrogen-bond donors (Lipinski definition) is 3. The summed E-state index contributed by atoms with van der Waals surface area (Å²) in [7, 11) is 0. The molecule has 0 radical (unpaired) electrons. The second-order valence-electron chi connectivity index (χ2n) is 5.66. The van der Waals surface area contributed by atoms with Crippen LogP contribution in [-0.4, -0.2) is 33.4 Å². The van der Waals surface area contributed by atoms with Crippen LogP contribution in [0.1, 0.15) is 26.3 Å². The summed E-state index contributed by atoms with van der Waals surface area (Å²) in [6.07, 6.45) is 2.39. The second kappa shape index (κ2) is 7.06. The van der Waals surface area contributed by atoms with E-state index in [1.807, 2.05) is 30.5 Å². The molecule has 2 aromatic carbocycles. The van der Waals surface area contributed by atoms with Gasteiger partial charge in [-0.1, -0.05) is 18.2 Å². The van der Waals surface area contributed by atoms with E-state index in [0.717, 1.165) is 34.7 Å². The molecule has 0 saturated carbocycles. The maximum atomic E-state index is 12.3. The summed E-state index contributed by atoms with van der Waals surface area (Å²) >= 11 is 0. The molecule has 0 unspecified atom stereocenters. The number of carbonyl (C=O) groups is 2. The molecule has 26 heavy (non-hydrogen) atoms. The number of carboxylic acid groups (broad SMARTS) is 1. The summed E-state index contributed by atoms with van der Waals surface area (Å²) in [4.78, 5) is 36.9. The van der Waals surface area contributed by atoms with Gasteiger partial charge in [-0.3, -0.25) is 14.9 Å². The molecule has 3 N–H and O–H groups in total. The van der Waals surface area contributed by atoms with Gasteiger partial charge >= 0.3 is 5.97 Å². The largest absolute Gasteiger partial charge is 0.478 e. The van der Waals surface area contributed by atoms with Gasteiger partial charge < -0.3 is 15.4 Å². The first kappa shape index (κ1) is 17.2. The van der Waals surface area contributed by atoms with Crippen molar-refractivity contribution in [1.82, 2.24) is 10.3 Å². The van der Waals surface area contributed by atoms with Gasteiger partial charge in [0.05, 0.1) is 16.1 Å². The normalized spacial score (nSPS) is 10.6. The molecule has 1 amide bonds. The molecule has 0 aliphatic rings. The van der Waals surface area contributed by atoms with Crippen LogP contribution in [0.4, 0.5) is 5.69 Å². The van der Waals surface area contributed by atoms with Gasteiger partial charge in [0, 0.05) is 35.8 Å². The number of carboxylic acids is 1. The number of hydrogen-bond acceptors (Lipinski definition) is 4. The van der Waals surface area contributed by atoms with Gasteiger partial charge in [0.15, 0.2) is 0 Å². The van der Waals surface area contributed by atoms with Crippen LogP contribution in [0.2, 0.25) is 0 Å². The highest BCUT2D eigenvalue weighted by Crippen LogP contribution is 2.19. The van der Waals surface area contributed by atoms with Crippen molar-refractivity contribution in [1.29, 1.82) is 0 Å². The molecule has 132 valence electrons. The first-order valence-corrected chi connectivity index (χ1v) is 7.82. The highest BCUT2D eigenvalue weighted by Gasteiger charge is 2.20. The molecule has 0 atom stereocenters. The lowest BCUT2D eigenvalue weighted by Gasteiger charge is -2.08. The zero-order valence-electron chi connectivity index (χ0n) is 13.6. The quantitative estimate of drug-likeness (QED) is 0.464. The molecule has 0 fully saturated rings. The third kappa shape index (κ3) is 3.39. The lowest BCUT2D eigenvalue weighted by molar-refractivity contribution is -0.384. The number of aromatic carboxylic acids is 1. The number of non-ortho nitro benzene ring substituents is 1. The van der Waals surface area contributed by atoms with Crippen LogP contribution in [0.15, 0.2) is 48.7 Å². The van der Waals surface area contributed by atoms with E-state index < -0.39 is 16.8 Å². The number of aromatic amines is 1. The standard InChI is InChI=1S/C18H15N3O5/c22-17(15-9-12(21(25)26)5-6-14(15)18(23)24)19-8-7-11-10-20-16-4-2-1-3-13(11)16/h1-6,9-10,20H,7-8H2,(H,19,22)(H,23,24). The van der Waals surface area contributed by atoms with Crippen LogP contribution in [0.5, 0.6) is 0 Å². The first-order chi connectivity index (χ1) is 12.5. The minimum atomic E-state index is -1.32. The zero-order valence-corrected chi connectivity index (χ0v) is 13.6. The van der Waals surface area contributed by atoms with Crippen molar-refractivity contribution >= 4 is 28.5 Å². The number of amides is 1. The van der Waals surface area contributed by atoms with Gasteiger partial charge in [0.25, 0.3) is 11.6 Å². The van der Waals surface area contributed by atoms with Crippen LogP contribution in [-0.2, 0) is 6.42 Å². The van der Waals surface area contributed by atoms with Gasteiger partial charge in [-0.2, -0.15) is 0 Å². The number of para-hydroxylation sites is 1. The Bertz CT molecular complexity index is 1010. The minimum absolute atomic E-state index is 0.231. The molecule has 8 heteroatoms. The van der Waals surface area contributed by atoms with Crippen molar-refractivity contribution < 1.29 is 19.6 Å². The van der Waals surface area contributed by atoms with Crippen LogP contribution in [0.25, 0.3) is 10.9 Å². The maximum absolute atomic E-state index is 12.3. The molecule has 1 heterocycles. The number of rotatable bonds is 6. The minimum Gasteiger partial charge on any atom is -0.478 e. The first-order valence-electron chi connectivity index (χ1n) is 7.82. The number of aromatic nitrogens is 1. The Labute approximate surface area is 147 Å². The van der Waals surface area contributed by atoms with Crippen molar-refractivity contribution in [3.05, 3.63) is 75.5 Å². The highest BCUT2D eigenvalue weighted by atomic mass is 16.6. The summed E-state index contributed by atoms with van der Waals surface area (Å²) in [5, 5.41) is 23.7. The van der Waals surface area contributed by atoms with Crippen LogP contribution in [0.3, 0.4) is 0 Å². The second-order valence-corrected chi connectivity index (χ2v) is 5.66. The van der Waals surface area contributed by atoms with Gasteiger partial charge in [-0.05, 0) is 24.1 Å². The predicted octanol–water partition coefficient (Wildman–Crippen LogP) is 2.75. The molecular weight excluding hydrogens is 338 g/mol. The molecule has 0 aliphatic carbocycles. The van der Waals surface area contributed by atoms with E-state index in [1.165, 1.54) is 0 Å². The number of benzene rings is 2. The van der Waals surface area contributed by atoms with E-state index >= 15 is 0 Å². The molecule has 0 bridgehead atoms. The highest BCUT2D eigenvalue weighted by molar-refractivity contribution is 6.05. The summed E-state index contributed by atoms with van der Waals surface area (Å²) in [5.74, 6) is -1.98. The van der Waals surface area contributed by atoms with E-state index in [-0.39, 0.29) is 23.4 Å². The Morgan fingerprint density at radius 1 is 1.15 bits per heavy atom. The Balaban J connectivity index is 1.74. The third-order valence-electron chi connectivity index (χ3n) is 4.04. The van der Waals surface area contributed by atoms with Crippen LogP contribution < -0.4 is 5.32 Å². The number of nitro benzene ring substituents is 1. The fourth-order valence-corrected chi connectivity index (χ4v) is 2.76. The van der Waals surface area contributed by atoms with Gasteiger partial charge in [-0.15, -0.1) is 0 Å². The smallest absolute Gasteiger partial charge is 0.336 e. The Hall–Kier alpha value is -3.68. The zero-order chi connectivity index (χ0) is 18.7. The fourth-order valence-electron chi connectivity index (χ4n) is 2.76. The van der Waals surface area contributed by atoms with Crippen LogP contribution in [0, 0.1) is 10.1 Å². The molecule has 8 nitrogen and oxygen atoms in total. The molecule has 1 aromatic heterocycles. The lowest BCUT2D eigenvalue weighted by Crippen LogP contribution is -2.27. The Morgan fingerprint density at radius 3 is 2.65 bits per heavy atom. The van der Waals surface area contributed by atoms with Crippen molar-refractivity contribution in [2.24, 2.45) is 0 Å². The topological polar surface area (TPSA) is 125 Å². The average molecular weight is 353 g/mol. The number of H-pyrrole nitrogens is 1. The summed E-state index contributed by atoms with van der Waals surface area (Å²) in [6, 6.07) is 10.8. The van der Waals surface area contributed by atoms with Crippen molar-refractivity contribution in [3.63, 3.8) is 0 Å². The molecular formula is C18H15N3O5. The summed E-state index contributed by atoms with van der Waals surface area (Å²) in [5.41, 5.74) is 1.15. The lowest BCUT2D eigenvalue weighted by atomic mass is 10.1. The monoisotopic (exact) mass is 353 g/mol. The van der Waals surface area contributed by atoms with Gasteiger partial charge in [0.1, 0.15) is 0 Å². The average Bonchev–Trinajstić information content (AvgIpc) is 3.04. The Kier molecular flexibility index (Phi) is 4.66. The number of nitro groups is 1. The van der Waals surface area contributed by atoms with E-state index in [4.69, 9.17) is 0 Å². The maximum Gasteiger partial charge on any atom is 0.336 e. The molecule has 0 spiro atoms. The van der Waals surface area contributed by atoms with Gasteiger partial charge in [0.2, 0.25) is 0 Å². The Morgan fingerprint density at radius 2 is 1.92 bits per heavy atom. The summed E-state index contributed by atoms with van der Waals surface area (Å²) < 4.78 is 0. The molecule has 3 rings (SSSR count). The summed E-state index contributed by atoms with van der Waals surface area (Å²) in [6.45, 7) is 0.266. The number of carbonyl (C=O) groups excluding carboxylic acids is 1. The third-order valence-corrected chi connectivity index (χ3v) is 4.04. The van der Waals surface area contributed by atoms with Crippen molar-refractivity contribution in [2.75, 3.05) is 6.54 Å². The van der Waals surface area contributed by atoms with E-state index in [9.17, 15) is 24.8 Å². The van der Waals surface area contributed by atoms with E-state index in [0.29, 0.717) is 6.42 Å². The van der Waals surface area contributed by atoms with Crippen molar-refractivity contribution in [3.8, 4) is 0 Å². The van der Waals surface area contributed by atoms with Crippen LogP contribution >= 0.6 is 0 Å². The molecule has 0 aliphatic heterocycles. The van der Waals surface area contributed by atoms with Crippen molar-refractivity contribution in [2.45, 2.75) is 6.42 Å².